The van der Waals surface area contributed by atoms with Crippen LogP contribution in [0.4, 0.5) is 0 Å². The summed E-state index contributed by atoms with van der Waals surface area (Å²) in [6, 6.07) is 2.46. The molecule has 1 aromatic rings. The minimum atomic E-state index is -4.34. The third-order valence-corrected chi connectivity index (χ3v) is 2.81. The summed E-state index contributed by atoms with van der Waals surface area (Å²) >= 11 is 0. The van der Waals surface area contributed by atoms with Crippen molar-refractivity contribution in [2.45, 2.75) is 24.9 Å². The van der Waals surface area contributed by atoms with E-state index in [9.17, 15) is 13.2 Å². The minimum absolute atomic E-state index is 0. The number of furan rings is 1. The van der Waals surface area contributed by atoms with E-state index in [0.717, 1.165) is 18.9 Å². The van der Waals surface area contributed by atoms with Gasteiger partial charge in [-0.1, -0.05) is 13.3 Å². The molecular formula is C11H16NNaO5S. The van der Waals surface area contributed by atoms with E-state index < -0.39 is 15.2 Å². The van der Waals surface area contributed by atoms with E-state index >= 15 is 0 Å². The molecule has 0 radical (unpaired) electrons. The summed E-state index contributed by atoms with van der Waals surface area (Å²) in [7, 11) is -4.34. The van der Waals surface area contributed by atoms with Crippen molar-refractivity contribution >= 4 is 51.7 Å². The number of carbonyl (C=O) groups is 1. The summed E-state index contributed by atoms with van der Waals surface area (Å²) < 4.78 is 35.0. The van der Waals surface area contributed by atoms with Crippen LogP contribution in [0.15, 0.2) is 27.7 Å². The molecule has 0 bridgehead atoms. The first kappa shape index (κ1) is 18.4. The SMILES string of the molecule is CCCCNC(=O)C=Cc1ccc(S(=O)(=O)O)o1.[NaH]. The summed E-state index contributed by atoms with van der Waals surface area (Å²) in [4.78, 5) is 11.3. The molecule has 0 spiro atoms. The van der Waals surface area contributed by atoms with Gasteiger partial charge in [-0.25, -0.2) is 0 Å². The van der Waals surface area contributed by atoms with Gasteiger partial charge in [0.2, 0.25) is 11.0 Å². The average Bonchev–Trinajstić information content (AvgIpc) is 2.75. The molecule has 1 aromatic heterocycles. The molecule has 0 aliphatic rings. The normalized spacial score (nSPS) is 11.3. The van der Waals surface area contributed by atoms with Crippen LogP contribution in [0, 0.1) is 0 Å². The van der Waals surface area contributed by atoms with Crippen LogP contribution in [0.5, 0.6) is 0 Å². The van der Waals surface area contributed by atoms with Gasteiger partial charge in [0, 0.05) is 12.6 Å². The predicted octanol–water partition coefficient (Wildman–Crippen LogP) is 0.807. The molecule has 6 nitrogen and oxygen atoms in total. The number of unbranched alkanes of at least 4 members (excludes halogenated alkanes) is 1. The van der Waals surface area contributed by atoms with E-state index in [4.69, 9.17) is 8.97 Å². The Balaban J connectivity index is 0.00000324. The van der Waals surface area contributed by atoms with E-state index in [2.05, 4.69) is 5.32 Å². The second-order valence-electron chi connectivity index (χ2n) is 3.61. The Morgan fingerprint density at radius 2 is 2.16 bits per heavy atom. The molecule has 1 rings (SSSR count). The Bertz CT molecular complexity index is 535. The first-order valence-electron chi connectivity index (χ1n) is 5.46. The first-order valence-corrected chi connectivity index (χ1v) is 6.90. The van der Waals surface area contributed by atoms with Gasteiger partial charge in [0.15, 0.2) is 0 Å². The van der Waals surface area contributed by atoms with Gasteiger partial charge < -0.3 is 9.73 Å². The molecular weight excluding hydrogens is 281 g/mol. The average molecular weight is 297 g/mol. The quantitative estimate of drug-likeness (QED) is 0.350. The van der Waals surface area contributed by atoms with Crippen LogP contribution in [0.25, 0.3) is 6.08 Å². The van der Waals surface area contributed by atoms with Crippen LogP contribution in [-0.4, -0.2) is 55.0 Å². The van der Waals surface area contributed by atoms with Gasteiger partial charge in [0.05, 0.1) is 0 Å². The van der Waals surface area contributed by atoms with E-state index in [1.807, 2.05) is 6.92 Å². The topological polar surface area (TPSA) is 96.6 Å². The van der Waals surface area contributed by atoms with Gasteiger partial charge in [0.25, 0.3) is 0 Å². The fourth-order valence-electron chi connectivity index (χ4n) is 1.17. The Kier molecular flexibility index (Phi) is 8.28. The van der Waals surface area contributed by atoms with Crippen LogP contribution >= 0.6 is 0 Å². The van der Waals surface area contributed by atoms with Crippen molar-refractivity contribution in [2.75, 3.05) is 6.54 Å². The predicted molar refractivity (Wildman–Crippen MR) is 72.6 cm³/mol. The van der Waals surface area contributed by atoms with Crippen molar-refractivity contribution in [3.05, 3.63) is 24.0 Å². The van der Waals surface area contributed by atoms with Gasteiger partial charge in [-0.05, 0) is 24.6 Å². The molecule has 1 amide bonds. The third kappa shape index (κ3) is 6.93. The first-order chi connectivity index (χ1) is 8.43. The number of rotatable bonds is 6. The van der Waals surface area contributed by atoms with Gasteiger partial charge in [-0.15, -0.1) is 0 Å². The number of hydrogen-bond acceptors (Lipinski definition) is 4. The monoisotopic (exact) mass is 297 g/mol. The molecule has 0 fully saturated rings. The van der Waals surface area contributed by atoms with E-state index in [-0.39, 0.29) is 41.2 Å². The number of carbonyl (C=O) groups excluding carboxylic acids is 1. The van der Waals surface area contributed by atoms with Crippen molar-refractivity contribution in [1.29, 1.82) is 0 Å². The maximum atomic E-state index is 11.3. The molecule has 0 atom stereocenters. The Hall–Kier alpha value is -0.600. The van der Waals surface area contributed by atoms with Gasteiger partial charge in [0.1, 0.15) is 5.76 Å². The second-order valence-corrected chi connectivity index (χ2v) is 4.96. The Morgan fingerprint density at radius 1 is 1.47 bits per heavy atom. The molecule has 1 heterocycles. The van der Waals surface area contributed by atoms with Crippen molar-refractivity contribution in [1.82, 2.24) is 5.32 Å². The second kappa shape index (κ2) is 8.55. The van der Waals surface area contributed by atoms with Crippen LogP contribution in [0.1, 0.15) is 25.5 Å². The van der Waals surface area contributed by atoms with Crippen molar-refractivity contribution in [3.63, 3.8) is 0 Å². The molecule has 102 valence electrons. The zero-order valence-electron chi connectivity index (χ0n) is 9.92. The summed E-state index contributed by atoms with van der Waals surface area (Å²) in [5.74, 6) is -0.110. The van der Waals surface area contributed by atoms with Gasteiger partial charge in [-0.2, -0.15) is 8.42 Å². The number of hydrogen-bond donors (Lipinski definition) is 2. The molecule has 0 aliphatic carbocycles. The van der Waals surface area contributed by atoms with Gasteiger partial charge in [-0.3, -0.25) is 9.35 Å². The van der Waals surface area contributed by atoms with Crippen LogP contribution in [0.2, 0.25) is 0 Å². The third-order valence-electron chi connectivity index (χ3n) is 2.08. The zero-order chi connectivity index (χ0) is 13.6. The maximum absolute atomic E-state index is 11.3. The fourth-order valence-corrected chi connectivity index (χ4v) is 1.61. The van der Waals surface area contributed by atoms with E-state index in [1.165, 1.54) is 18.2 Å². The molecule has 0 saturated carbocycles. The molecule has 19 heavy (non-hydrogen) atoms. The summed E-state index contributed by atoms with van der Waals surface area (Å²) in [6.45, 7) is 2.61. The Labute approximate surface area is 134 Å². The summed E-state index contributed by atoms with van der Waals surface area (Å²) in [6.07, 6.45) is 4.45. The van der Waals surface area contributed by atoms with Crippen molar-refractivity contribution < 1.29 is 22.2 Å². The molecule has 8 heteroatoms. The number of nitrogens with one attached hydrogen (secondary N) is 1. The summed E-state index contributed by atoms with van der Waals surface area (Å²) in [5, 5.41) is 2.11. The standard InChI is InChI=1S/C11H15NO5S.Na.H/c1-2-3-8-12-10(13)6-4-9-5-7-11(17-9)18(14,15)16;;/h4-7H,2-3,8H2,1H3,(H,12,13)(H,14,15,16);;. The zero-order valence-corrected chi connectivity index (χ0v) is 10.7. The molecule has 0 saturated heterocycles. The van der Waals surface area contributed by atoms with Crippen LogP contribution in [-0.2, 0) is 14.9 Å². The van der Waals surface area contributed by atoms with E-state index in [0.29, 0.717) is 6.54 Å². The summed E-state index contributed by atoms with van der Waals surface area (Å²) in [5.41, 5.74) is 0. The fraction of sp³-hybridized carbons (Fsp3) is 0.364. The van der Waals surface area contributed by atoms with Crippen LogP contribution in [0.3, 0.4) is 0 Å². The number of amides is 1. The van der Waals surface area contributed by atoms with Crippen molar-refractivity contribution in [3.8, 4) is 0 Å². The molecule has 0 unspecified atom stereocenters. The molecule has 0 aliphatic heterocycles. The molecule has 0 aromatic carbocycles. The molecule has 2 N–H and O–H groups in total. The Morgan fingerprint density at radius 3 is 2.68 bits per heavy atom. The van der Waals surface area contributed by atoms with Gasteiger partial charge >= 0.3 is 39.7 Å². The van der Waals surface area contributed by atoms with E-state index in [1.54, 1.807) is 0 Å². The van der Waals surface area contributed by atoms with Crippen molar-refractivity contribution in [2.24, 2.45) is 0 Å². The van der Waals surface area contributed by atoms with Crippen LogP contribution < -0.4 is 5.32 Å².